The van der Waals surface area contributed by atoms with Gasteiger partial charge in [0.25, 0.3) is 0 Å². The normalized spacial score (nSPS) is 26.8. The van der Waals surface area contributed by atoms with Crippen molar-refractivity contribution in [3.63, 3.8) is 0 Å². The molecule has 4 aliphatic carbocycles. The second-order valence-electron chi connectivity index (χ2n) is 11.7. The Hall–Kier alpha value is -3.32. The molecule has 1 nitrogen and oxygen atoms in total. The predicted molar refractivity (Wildman–Crippen MR) is 149 cm³/mol. The lowest BCUT2D eigenvalue weighted by atomic mass is 9.64. The largest absolute Gasteiger partial charge is 0.456 e. The maximum atomic E-state index is 6.27. The Morgan fingerprint density at radius 1 is 0.611 bits per heavy atom. The second-order valence-corrected chi connectivity index (χ2v) is 11.7. The van der Waals surface area contributed by atoms with Crippen LogP contribution >= 0.6 is 0 Å². The molecule has 3 unspecified atom stereocenters. The number of furan rings is 1. The summed E-state index contributed by atoms with van der Waals surface area (Å²) in [6, 6.07) is 31.6. The first-order valence-electron chi connectivity index (χ1n) is 13.9. The quantitative estimate of drug-likeness (QED) is 0.257. The van der Waals surface area contributed by atoms with Crippen LogP contribution < -0.4 is 0 Å². The topological polar surface area (TPSA) is 13.1 Å². The van der Waals surface area contributed by atoms with Crippen LogP contribution in [0.25, 0.3) is 44.2 Å². The highest BCUT2D eigenvalue weighted by Gasteiger charge is 2.53. The average molecular weight is 469 g/mol. The van der Waals surface area contributed by atoms with Gasteiger partial charge in [-0.15, -0.1) is 0 Å². The molecule has 4 aromatic carbocycles. The van der Waals surface area contributed by atoms with Crippen LogP contribution in [0, 0.1) is 30.6 Å². The molecule has 4 bridgehead atoms. The van der Waals surface area contributed by atoms with Crippen molar-refractivity contribution in [3.05, 3.63) is 96.1 Å². The standard InChI is InChI=1S/C35H32O/c1-21-7-16-34-33(17-21)30-13-9-24(20-35(30)36-34)23-8-11-28(31(18-23)22-5-3-2-4-6-22)27-12-10-25-19-32-26(25)14-15-29(27)32/h2-9,11,13,16-18,20,25-27,29,32H,10,12,14-15,19H2,1H3/t25?,26?,27-,29?,32-/m0/s1. The molecule has 1 heterocycles. The van der Waals surface area contributed by atoms with Crippen LogP contribution in [0.2, 0.25) is 0 Å². The first-order chi connectivity index (χ1) is 17.7. The zero-order chi connectivity index (χ0) is 23.8. The summed E-state index contributed by atoms with van der Waals surface area (Å²) >= 11 is 0. The molecule has 0 spiro atoms. The Morgan fingerprint density at radius 3 is 2.36 bits per heavy atom. The lowest BCUT2D eigenvalue weighted by Crippen LogP contribution is -2.33. The molecule has 0 radical (unpaired) electrons. The fourth-order valence-electron chi connectivity index (χ4n) is 8.22. The van der Waals surface area contributed by atoms with Crippen molar-refractivity contribution in [2.45, 2.75) is 44.9 Å². The van der Waals surface area contributed by atoms with Gasteiger partial charge >= 0.3 is 0 Å². The monoisotopic (exact) mass is 468 g/mol. The van der Waals surface area contributed by atoms with Gasteiger partial charge in [0.05, 0.1) is 0 Å². The first-order valence-corrected chi connectivity index (χ1v) is 13.9. The van der Waals surface area contributed by atoms with Gasteiger partial charge in [-0.1, -0.05) is 60.2 Å². The Bertz CT molecular complexity index is 1610. The van der Waals surface area contributed by atoms with E-state index < -0.39 is 0 Å². The Morgan fingerprint density at radius 2 is 1.44 bits per heavy atom. The zero-order valence-corrected chi connectivity index (χ0v) is 20.9. The number of fused-ring (bicyclic) bond motifs is 5. The highest BCUT2D eigenvalue weighted by atomic mass is 16.3. The highest BCUT2D eigenvalue weighted by molar-refractivity contribution is 6.06. The SMILES string of the molecule is Cc1ccc2oc3cc(-c4ccc([C@@H]5CCC6C[C@H]7C6CCC75)c(-c5ccccc5)c4)ccc3c2c1. The molecule has 178 valence electrons. The smallest absolute Gasteiger partial charge is 0.136 e. The summed E-state index contributed by atoms with van der Waals surface area (Å²) in [5.74, 6) is 4.64. The number of aryl methyl sites for hydroxylation is 1. The molecule has 0 saturated heterocycles. The molecular weight excluding hydrogens is 436 g/mol. The van der Waals surface area contributed by atoms with E-state index in [1.165, 1.54) is 70.7 Å². The van der Waals surface area contributed by atoms with Gasteiger partial charge in [-0.3, -0.25) is 0 Å². The number of rotatable bonds is 3. The Labute approximate surface area is 213 Å². The van der Waals surface area contributed by atoms with Crippen molar-refractivity contribution in [1.82, 2.24) is 0 Å². The molecule has 5 aromatic rings. The van der Waals surface area contributed by atoms with Crippen molar-refractivity contribution in [1.29, 1.82) is 0 Å². The summed E-state index contributed by atoms with van der Waals surface area (Å²) in [7, 11) is 0. The molecule has 1 aromatic heterocycles. The molecule has 0 amide bonds. The van der Waals surface area contributed by atoms with Crippen LogP contribution in [0.1, 0.15) is 49.1 Å². The molecule has 5 atom stereocenters. The minimum absolute atomic E-state index is 0.706. The van der Waals surface area contributed by atoms with Gasteiger partial charge < -0.3 is 4.42 Å². The lowest BCUT2D eigenvalue weighted by Gasteiger charge is -2.41. The number of benzene rings is 4. The zero-order valence-electron chi connectivity index (χ0n) is 20.9. The maximum Gasteiger partial charge on any atom is 0.136 e. The van der Waals surface area contributed by atoms with E-state index in [-0.39, 0.29) is 0 Å². The summed E-state index contributed by atoms with van der Waals surface area (Å²) < 4.78 is 6.27. The van der Waals surface area contributed by atoms with Crippen molar-refractivity contribution in [2.75, 3.05) is 0 Å². The van der Waals surface area contributed by atoms with Crippen molar-refractivity contribution in [2.24, 2.45) is 23.7 Å². The number of hydrogen-bond donors (Lipinski definition) is 0. The minimum atomic E-state index is 0.706. The van der Waals surface area contributed by atoms with E-state index in [1.807, 2.05) is 0 Å². The summed E-state index contributed by atoms with van der Waals surface area (Å²) in [5.41, 5.74) is 10.1. The van der Waals surface area contributed by atoms with E-state index in [1.54, 1.807) is 5.56 Å². The van der Waals surface area contributed by atoms with E-state index in [9.17, 15) is 0 Å². The summed E-state index contributed by atoms with van der Waals surface area (Å²) in [5, 5.41) is 2.41. The average Bonchev–Trinajstić information content (AvgIpc) is 3.29. The third-order valence-corrected chi connectivity index (χ3v) is 9.98. The molecule has 0 aliphatic heterocycles. The first kappa shape index (κ1) is 20.8. The third-order valence-electron chi connectivity index (χ3n) is 9.98. The van der Waals surface area contributed by atoms with E-state index in [4.69, 9.17) is 4.42 Å². The van der Waals surface area contributed by atoms with Crippen LogP contribution in [0.5, 0.6) is 0 Å². The molecule has 4 saturated carbocycles. The van der Waals surface area contributed by atoms with Gasteiger partial charge in [0.15, 0.2) is 0 Å². The van der Waals surface area contributed by atoms with Crippen molar-refractivity contribution in [3.8, 4) is 22.3 Å². The van der Waals surface area contributed by atoms with Crippen molar-refractivity contribution < 1.29 is 4.42 Å². The van der Waals surface area contributed by atoms with Crippen LogP contribution in [0.15, 0.2) is 89.3 Å². The lowest BCUT2D eigenvalue weighted by molar-refractivity contribution is 0.0874. The Balaban J connectivity index is 1.25. The van der Waals surface area contributed by atoms with E-state index in [2.05, 4.69) is 91.9 Å². The Kier molecular flexibility index (Phi) is 4.54. The molecular formula is C35H32O. The fraction of sp³-hybridized carbons (Fsp3) is 0.314. The molecule has 9 rings (SSSR count). The van der Waals surface area contributed by atoms with Gasteiger partial charge in [-0.05, 0) is 127 Å². The van der Waals surface area contributed by atoms with Gasteiger partial charge in [0, 0.05) is 10.8 Å². The van der Waals surface area contributed by atoms with Crippen LogP contribution in [-0.2, 0) is 0 Å². The van der Waals surface area contributed by atoms with Crippen LogP contribution in [0.4, 0.5) is 0 Å². The molecule has 1 heteroatoms. The van der Waals surface area contributed by atoms with Crippen LogP contribution in [-0.4, -0.2) is 0 Å². The molecule has 0 N–H and O–H groups in total. The molecule has 4 fully saturated rings. The predicted octanol–water partition coefficient (Wildman–Crippen LogP) is 9.77. The van der Waals surface area contributed by atoms with Crippen molar-refractivity contribution >= 4 is 21.9 Å². The van der Waals surface area contributed by atoms with Crippen LogP contribution in [0.3, 0.4) is 0 Å². The van der Waals surface area contributed by atoms with E-state index >= 15 is 0 Å². The molecule has 4 aliphatic rings. The minimum Gasteiger partial charge on any atom is -0.456 e. The van der Waals surface area contributed by atoms with Gasteiger partial charge in [-0.2, -0.15) is 0 Å². The molecule has 36 heavy (non-hydrogen) atoms. The highest BCUT2D eigenvalue weighted by Crippen LogP contribution is 2.63. The number of hydrogen-bond acceptors (Lipinski definition) is 1. The van der Waals surface area contributed by atoms with Gasteiger partial charge in [0.2, 0.25) is 0 Å². The fourth-order valence-corrected chi connectivity index (χ4v) is 8.22. The summed E-state index contributed by atoms with van der Waals surface area (Å²) in [4.78, 5) is 0. The van der Waals surface area contributed by atoms with E-state index in [0.717, 1.165) is 34.8 Å². The summed E-state index contributed by atoms with van der Waals surface area (Å²) in [6.07, 6.45) is 7.22. The second kappa shape index (κ2) is 7.84. The third kappa shape index (κ3) is 3.08. The van der Waals surface area contributed by atoms with Gasteiger partial charge in [0.1, 0.15) is 11.2 Å². The maximum absolute atomic E-state index is 6.27. The summed E-state index contributed by atoms with van der Waals surface area (Å²) in [6.45, 7) is 2.14. The van der Waals surface area contributed by atoms with E-state index in [0.29, 0.717) is 5.92 Å². The van der Waals surface area contributed by atoms with Gasteiger partial charge in [-0.25, -0.2) is 0 Å².